The number of nitrogens with zero attached hydrogens (tertiary/aromatic N) is 10. The van der Waals surface area contributed by atoms with Gasteiger partial charge in [0.2, 0.25) is 29.7 Å². The summed E-state index contributed by atoms with van der Waals surface area (Å²) >= 11 is 0. The summed E-state index contributed by atoms with van der Waals surface area (Å²) in [6.07, 6.45) is 1.26. The maximum Gasteiger partial charge on any atom is 0.343 e. The summed E-state index contributed by atoms with van der Waals surface area (Å²) in [5.41, 5.74) is 27.0. The summed E-state index contributed by atoms with van der Waals surface area (Å²) in [4.78, 5) is 87.0. The van der Waals surface area contributed by atoms with Crippen molar-refractivity contribution in [3.05, 3.63) is 254 Å². The molecule has 4 atom stereocenters. The van der Waals surface area contributed by atoms with Crippen LogP contribution in [0.25, 0.3) is 45.8 Å². The molecule has 29 heteroatoms. The third-order valence-corrected chi connectivity index (χ3v) is 17.1. The normalized spacial score (nSPS) is 17.6. The van der Waals surface area contributed by atoms with Gasteiger partial charge in [0, 0.05) is 39.4 Å². The van der Waals surface area contributed by atoms with Crippen LogP contribution in [0.2, 0.25) is 0 Å². The highest BCUT2D eigenvalue weighted by Gasteiger charge is 2.48. The van der Waals surface area contributed by atoms with E-state index in [-0.39, 0.29) is 112 Å². The van der Waals surface area contributed by atoms with Crippen LogP contribution < -0.4 is 27.8 Å². The van der Waals surface area contributed by atoms with Gasteiger partial charge in [-0.1, -0.05) is 60.7 Å². The van der Waals surface area contributed by atoms with Crippen molar-refractivity contribution in [2.75, 3.05) is 41.9 Å². The fourth-order valence-electron chi connectivity index (χ4n) is 12.3. The number of esters is 2. The first kappa shape index (κ1) is 66.3. The van der Waals surface area contributed by atoms with Crippen molar-refractivity contribution in [3.63, 3.8) is 0 Å². The number of nitrogen functional groups attached to an aromatic ring is 4. The molecule has 12 aromatic rings. The van der Waals surface area contributed by atoms with Gasteiger partial charge in [0.1, 0.15) is 92.0 Å². The smallest absolute Gasteiger partial charge is 0.343 e. The van der Waals surface area contributed by atoms with Gasteiger partial charge in [-0.15, -0.1) is 0 Å². The van der Waals surface area contributed by atoms with Gasteiger partial charge < -0.3 is 59.9 Å². The lowest BCUT2D eigenvalue weighted by Gasteiger charge is -2.23. The number of carbonyl (C=O) groups excluding carboxylic acids is 4. The lowest BCUT2D eigenvalue weighted by atomic mass is 9.91. The Morgan fingerprint density at radius 3 is 1.55 bits per heavy atom. The van der Waals surface area contributed by atoms with E-state index < -0.39 is 47.2 Å². The molecule has 4 unspecified atom stereocenters. The molecule has 516 valence electrons. The number of ether oxygens (including phenoxy) is 2. The summed E-state index contributed by atoms with van der Waals surface area (Å²) in [5.74, 6) is -2.31. The average Bonchev–Trinajstić information content (AvgIpc) is 1.61. The van der Waals surface area contributed by atoms with Crippen LogP contribution in [0.4, 0.5) is 51.4 Å². The van der Waals surface area contributed by atoms with Crippen molar-refractivity contribution in [1.82, 2.24) is 44.8 Å². The highest BCUT2D eigenvalue weighted by Crippen LogP contribution is 2.46. The Hall–Kier alpha value is -13.0. The van der Waals surface area contributed by atoms with E-state index in [0.717, 1.165) is 6.07 Å². The molecule has 0 fully saturated rings. The van der Waals surface area contributed by atoms with Gasteiger partial charge in [-0.3, -0.25) is 9.59 Å². The van der Waals surface area contributed by atoms with Crippen molar-refractivity contribution in [3.8, 4) is 45.8 Å². The Bertz CT molecular complexity index is 5330. The predicted molar refractivity (Wildman–Crippen MR) is 358 cm³/mol. The lowest BCUT2D eigenvalue weighted by molar-refractivity contribution is -0.119. The standard InChI is InChI=1S/C19H16FN3O3.C18H13F2N3O3.2C18H15FN4O2/c1-10-7-8-13(25-10)15-14-16(23-18(21)22-15)19(2,26-17(14)24)9-11-5-3-4-6-12(11)20;1-8-2-5-12(25-8)15-14-16(23-18(21)22-15)13(26-17(14)24)6-9-3-4-10(19)7-11(9)20;1-23-16-14(21-18(20)22-15(16)13-7-4-8-25-13)11(17(23)24)9-10-5-2-3-6-12(10)19;1-23-12(9-10-5-2-3-6-11(10)19)15-14(17(23)24)16(22-18(20)21-15)13-7-4-8-25-13/h3-8H,9H2,1-2H3,(H2,21,22,23);2-5,7,13H,6H2,1H3,(H2,21,22,23);2-8,11H,9H2,1H3,(H2,20,21,22);2-8,12H,9H2,1H3,(H2,20,21,22)/i;13D;;. The van der Waals surface area contributed by atoms with E-state index in [9.17, 15) is 41.1 Å². The van der Waals surface area contributed by atoms with Crippen LogP contribution in [0.15, 0.2) is 170 Å². The molecule has 0 bridgehead atoms. The van der Waals surface area contributed by atoms with Gasteiger partial charge in [0.25, 0.3) is 5.91 Å². The molecule has 0 spiro atoms. The molecule has 24 nitrogen and oxygen atoms in total. The third-order valence-electron chi connectivity index (χ3n) is 17.1. The van der Waals surface area contributed by atoms with Crippen molar-refractivity contribution >= 4 is 53.2 Å². The topological polar surface area (TPSA) is 353 Å². The zero-order valence-electron chi connectivity index (χ0n) is 55.7. The third kappa shape index (κ3) is 13.2. The van der Waals surface area contributed by atoms with E-state index in [1.165, 1.54) is 46.6 Å². The van der Waals surface area contributed by atoms with Crippen molar-refractivity contribution < 1.29 is 69.6 Å². The van der Waals surface area contributed by atoms with E-state index in [1.807, 2.05) is 0 Å². The van der Waals surface area contributed by atoms with Crippen molar-refractivity contribution in [2.24, 2.45) is 0 Å². The van der Waals surface area contributed by atoms with Crippen LogP contribution in [-0.2, 0) is 45.6 Å². The van der Waals surface area contributed by atoms with E-state index in [2.05, 4.69) is 39.9 Å². The number of hydrogen-bond donors (Lipinski definition) is 4. The van der Waals surface area contributed by atoms with E-state index in [1.54, 1.807) is 138 Å². The molecular weight excluding hydrogens is 1330 g/mol. The molecule has 2 amide bonds. The van der Waals surface area contributed by atoms with Crippen molar-refractivity contribution in [1.29, 1.82) is 0 Å². The Balaban J connectivity index is 0.000000122. The first-order valence-corrected chi connectivity index (χ1v) is 31.3. The predicted octanol–water partition coefficient (Wildman–Crippen LogP) is 12.3. The number of likely N-dealkylation sites (N-methyl/N-ethyl adjacent to an activating group) is 2. The molecule has 0 saturated carbocycles. The summed E-state index contributed by atoms with van der Waals surface area (Å²) < 4.78 is 111. The number of nitrogens with two attached hydrogens (primary N) is 4. The summed E-state index contributed by atoms with van der Waals surface area (Å²) in [6, 6.07) is 35.4. The zero-order valence-corrected chi connectivity index (χ0v) is 54.7. The SMILES string of the molecule is CN1C(=O)C(Cc2ccccc2F)c2nc(N)nc(-c3ccco3)c21.CN1C(=O)c2c(-c3ccco3)nc(N)nc2C1Cc1ccccc1F.Cc1ccc(-c2nc(N)nc3c2C(=O)OC3(C)Cc2ccccc2F)o1.[2H]C1(Cc2ccc(F)cc2F)OC(=O)c2c(-c3ccc(C)o3)nc(N)nc21. The molecular formula is C73H59F5N14O10. The van der Waals surface area contributed by atoms with E-state index >= 15 is 0 Å². The molecule has 8 aromatic heterocycles. The maximum absolute atomic E-state index is 14.1. The van der Waals surface area contributed by atoms with Gasteiger partial charge in [0.05, 0.1) is 48.5 Å². The minimum Gasteiger partial charge on any atom is -0.463 e. The van der Waals surface area contributed by atoms with Crippen LogP contribution in [0.3, 0.4) is 0 Å². The summed E-state index contributed by atoms with van der Waals surface area (Å²) in [6.45, 7) is 5.19. The zero-order chi connectivity index (χ0) is 72.9. The van der Waals surface area contributed by atoms with E-state index in [0.29, 0.717) is 97.7 Å². The lowest BCUT2D eigenvalue weighted by Crippen LogP contribution is -2.27. The second-order valence-electron chi connectivity index (χ2n) is 24.0. The fourth-order valence-corrected chi connectivity index (χ4v) is 12.3. The van der Waals surface area contributed by atoms with Gasteiger partial charge >= 0.3 is 11.9 Å². The number of halogens is 5. The average molecular weight is 1390 g/mol. The Morgan fingerprint density at radius 2 is 1.00 bits per heavy atom. The first-order valence-electron chi connectivity index (χ1n) is 31.8. The molecule has 4 aliphatic rings. The fraction of sp³-hybridized carbons (Fsp3) is 0.178. The van der Waals surface area contributed by atoms with Crippen LogP contribution in [0.1, 0.15) is 114 Å². The number of aromatic nitrogens is 8. The summed E-state index contributed by atoms with van der Waals surface area (Å²) in [5, 5.41) is 0. The number of cyclic esters (lactones) is 2. The van der Waals surface area contributed by atoms with Gasteiger partial charge in [-0.05, 0) is 122 Å². The number of benzene rings is 4. The van der Waals surface area contributed by atoms with Gasteiger partial charge in [-0.2, -0.15) is 0 Å². The number of furan rings is 4. The highest BCUT2D eigenvalue weighted by atomic mass is 19.1. The molecule has 0 aliphatic carbocycles. The number of hydrogen-bond acceptors (Lipinski definition) is 22. The number of rotatable bonds is 12. The number of anilines is 5. The van der Waals surface area contributed by atoms with Crippen LogP contribution >= 0.6 is 0 Å². The molecule has 0 radical (unpaired) electrons. The molecule has 102 heavy (non-hydrogen) atoms. The Labute approximate surface area is 577 Å². The molecule has 0 saturated heterocycles. The first-order chi connectivity index (χ1) is 49.3. The molecule has 8 N–H and O–H groups in total. The second-order valence-corrected chi connectivity index (χ2v) is 24.0. The van der Waals surface area contributed by atoms with Crippen LogP contribution in [0, 0.1) is 42.9 Å². The quantitative estimate of drug-likeness (QED) is 0.0652. The van der Waals surface area contributed by atoms with E-state index in [4.69, 9.17) is 51.4 Å². The number of aryl methyl sites for hydroxylation is 2. The molecule has 4 aromatic carbocycles. The van der Waals surface area contributed by atoms with Crippen LogP contribution in [-0.4, -0.2) is 82.6 Å². The Morgan fingerprint density at radius 1 is 0.500 bits per heavy atom. The number of amides is 2. The van der Waals surface area contributed by atoms with Crippen LogP contribution in [0.5, 0.6) is 0 Å². The van der Waals surface area contributed by atoms with Gasteiger partial charge in [0.15, 0.2) is 28.6 Å². The second kappa shape index (κ2) is 27.4. The molecule has 16 rings (SSSR count). The minimum absolute atomic E-state index is 0.000346. The largest absolute Gasteiger partial charge is 0.463 e. The number of carbonyl (C=O) groups is 4. The van der Waals surface area contributed by atoms with Crippen molar-refractivity contribution in [2.45, 2.75) is 70.1 Å². The number of fused-ring (bicyclic) bond motifs is 4. The minimum atomic E-state index is -2.03. The Kier molecular flexibility index (Phi) is 17.8. The molecule has 4 aliphatic heterocycles. The van der Waals surface area contributed by atoms with Gasteiger partial charge in [-0.25, -0.2) is 71.4 Å². The monoisotopic (exact) mass is 1390 g/mol. The summed E-state index contributed by atoms with van der Waals surface area (Å²) in [7, 11) is 3.31. The molecule has 12 heterocycles. The highest BCUT2D eigenvalue weighted by molar-refractivity contribution is 6.07. The maximum atomic E-state index is 14.1.